The molecule has 1 aliphatic heterocycles. The molecule has 0 radical (unpaired) electrons. The Balaban J connectivity index is 1.93. The fourth-order valence-corrected chi connectivity index (χ4v) is 10.7. The van der Waals surface area contributed by atoms with Gasteiger partial charge in [0.2, 0.25) is 0 Å². The molecule has 3 fully saturated rings. The van der Waals surface area contributed by atoms with Crippen molar-refractivity contribution in [1.82, 2.24) is 0 Å². The first-order valence-corrected chi connectivity index (χ1v) is 21.1. The minimum atomic E-state index is -2.30. The highest BCUT2D eigenvalue weighted by atomic mass is 32.2. The summed E-state index contributed by atoms with van der Waals surface area (Å²) in [5.41, 5.74) is -4.04. The monoisotopic (exact) mass is 715 g/mol. The first-order valence-electron chi connectivity index (χ1n) is 17.4. The van der Waals surface area contributed by atoms with Gasteiger partial charge < -0.3 is 27.6 Å². The summed E-state index contributed by atoms with van der Waals surface area (Å²) in [4.78, 5) is 56.1. The molecule has 1 unspecified atom stereocenters. The molecule has 1 saturated heterocycles. The molecule has 1 aromatic rings. The molecule has 4 aliphatic rings. The van der Waals surface area contributed by atoms with Gasteiger partial charge in [-0.05, 0) is 74.2 Å². The Morgan fingerprint density at radius 2 is 1.80 bits per heavy atom. The van der Waals surface area contributed by atoms with Crippen LogP contribution in [0, 0.1) is 22.7 Å². The van der Waals surface area contributed by atoms with E-state index in [0.717, 1.165) is 23.7 Å². The van der Waals surface area contributed by atoms with Crippen molar-refractivity contribution in [3.8, 4) is 0 Å². The molecule has 2 bridgehead atoms. The van der Waals surface area contributed by atoms with Crippen molar-refractivity contribution in [2.24, 2.45) is 22.7 Å². The van der Waals surface area contributed by atoms with E-state index >= 15 is 4.79 Å². The smallest absolute Gasteiger partial charge is 0.338 e. The molecule has 9 atom stereocenters. The van der Waals surface area contributed by atoms with Crippen LogP contribution in [0.1, 0.15) is 66.1 Å². The number of fused-ring (bicyclic) bond motifs is 5. The van der Waals surface area contributed by atoms with E-state index in [0.29, 0.717) is 12.0 Å². The summed E-state index contributed by atoms with van der Waals surface area (Å²) in [6, 6.07) is 8.53. The molecule has 0 aromatic heterocycles. The van der Waals surface area contributed by atoms with Crippen LogP contribution in [0.15, 0.2) is 54.1 Å². The number of benzene rings is 1. The second kappa shape index (κ2) is 13.1. The van der Waals surface area contributed by atoms with E-state index in [1.165, 1.54) is 6.92 Å². The summed E-state index contributed by atoms with van der Waals surface area (Å²) in [7, 11) is -2.30. The molecule has 0 spiro atoms. The number of Topliss-reactive ketones (excluding diaryl/α,β-unsaturated/α-hetero) is 1. The number of esters is 3. The van der Waals surface area contributed by atoms with Crippen LogP contribution in [0.2, 0.25) is 19.6 Å². The zero-order chi connectivity index (χ0) is 37.0. The van der Waals surface area contributed by atoms with Crippen molar-refractivity contribution in [1.29, 1.82) is 0 Å². The van der Waals surface area contributed by atoms with E-state index in [2.05, 4.69) is 6.58 Å². The first-order chi connectivity index (χ1) is 23.3. The van der Waals surface area contributed by atoms with Crippen molar-refractivity contribution in [2.45, 2.75) is 110 Å². The zero-order valence-electron chi connectivity index (χ0n) is 31.0. The number of rotatable bonds is 9. The number of ether oxygens (including phenoxy) is 4. The predicted molar refractivity (Wildman–Crippen MR) is 187 cm³/mol. The van der Waals surface area contributed by atoms with E-state index in [1.54, 1.807) is 37.3 Å². The lowest BCUT2D eigenvalue weighted by Gasteiger charge is -2.68. The van der Waals surface area contributed by atoms with E-state index in [9.17, 15) is 14.4 Å². The lowest BCUT2D eigenvalue weighted by molar-refractivity contribution is -0.336. The molecule has 2 saturated carbocycles. The molecule has 0 N–H and O–H groups in total. The van der Waals surface area contributed by atoms with Gasteiger partial charge in [-0.1, -0.05) is 52.5 Å². The maximum absolute atomic E-state index is 15.6. The van der Waals surface area contributed by atoms with Gasteiger partial charge in [-0.15, -0.1) is 0 Å². The highest BCUT2D eigenvalue weighted by molar-refractivity contribution is 7.94. The fraction of sp³-hybridized carbons (Fsp3) is 0.622. The minimum absolute atomic E-state index is 0.0756. The van der Waals surface area contributed by atoms with E-state index in [-0.39, 0.29) is 24.8 Å². The van der Waals surface area contributed by atoms with Crippen molar-refractivity contribution >= 4 is 44.1 Å². The van der Waals surface area contributed by atoms with Crippen molar-refractivity contribution in [2.75, 3.05) is 12.8 Å². The third-order valence-electron chi connectivity index (χ3n) is 11.4. The number of hydrogen-bond acceptors (Lipinski definition) is 11. The topological polar surface area (TPSA) is 124 Å². The van der Waals surface area contributed by atoms with Gasteiger partial charge in [0.05, 0.1) is 24.2 Å². The molecular formula is C37H50O10SSi. The fourth-order valence-electron chi connectivity index (χ4n) is 8.97. The number of carbonyl (C=O) groups excluding carboxylic acids is 4. The van der Waals surface area contributed by atoms with Crippen molar-refractivity contribution in [3.63, 3.8) is 0 Å². The van der Waals surface area contributed by atoms with Crippen LogP contribution in [0.5, 0.6) is 0 Å². The van der Waals surface area contributed by atoms with Crippen LogP contribution in [0.4, 0.5) is 0 Å². The molecule has 12 heteroatoms. The van der Waals surface area contributed by atoms with Crippen LogP contribution in [-0.2, 0) is 41.9 Å². The molecule has 268 valence electrons. The van der Waals surface area contributed by atoms with E-state index < -0.39 is 90.3 Å². The SMILES string of the molecule is [2H]CSO[C@]12C[C@H](O[Si](C)(C)C)C(C)=C([C@@H](OC(C)=O)C(=O)[C@@]3(C)C([C@@H]1OC(=O)c1ccccc1)[C@]1(OC(=O)C=C)CO[C@@H]1C[C@@H]3C)C2(C)C. The van der Waals surface area contributed by atoms with Crippen LogP contribution in [-0.4, -0.2) is 80.5 Å². The average Bonchev–Trinajstić information content (AvgIpc) is 3.03. The summed E-state index contributed by atoms with van der Waals surface area (Å²) in [6.07, 6.45) is -2.52. The summed E-state index contributed by atoms with van der Waals surface area (Å²) < 4.78 is 47.1. The third-order valence-corrected chi connectivity index (χ3v) is 12.8. The van der Waals surface area contributed by atoms with Crippen LogP contribution in [0.25, 0.3) is 0 Å². The molecule has 3 aliphatic carbocycles. The molecule has 10 nitrogen and oxygen atoms in total. The predicted octanol–water partition coefficient (Wildman–Crippen LogP) is 6.26. The van der Waals surface area contributed by atoms with Gasteiger partial charge in [-0.3, -0.25) is 9.59 Å². The minimum Gasteiger partial charge on any atom is -0.455 e. The summed E-state index contributed by atoms with van der Waals surface area (Å²) >= 11 is 0.893. The maximum atomic E-state index is 15.6. The lowest BCUT2D eigenvalue weighted by atomic mass is 9.43. The van der Waals surface area contributed by atoms with Gasteiger partial charge >= 0.3 is 17.9 Å². The highest BCUT2D eigenvalue weighted by Crippen LogP contribution is 2.67. The molecule has 5 rings (SSSR count). The molecule has 0 amide bonds. The average molecular weight is 716 g/mol. The number of carbonyl (C=O) groups is 4. The van der Waals surface area contributed by atoms with Crippen molar-refractivity contribution in [3.05, 3.63) is 59.7 Å². The number of ketones is 1. The second-order valence-electron chi connectivity index (χ2n) is 15.6. The van der Waals surface area contributed by atoms with Crippen molar-refractivity contribution < 1.29 is 48.1 Å². The standard InChI is InChI=1S/C37H50O10SSi/c1-12-27(39)45-36-20-42-26(36)18-21(2)35(7)30(36)32(44-33(41)24-16-14-13-15-17-24)37(47-48-8)19-25(46-49(9,10)11)22(3)28(34(37,5)6)29(31(35)40)43-23(4)38/h12-17,21,25-26,29-30,32H,1,18-20H2,2-11H3/t21-,25-,26+,29+,30?,32-,35+,36-,37+/m0/s1/i8D. The van der Waals surface area contributed by atoms with Crippen LogP contribution >= 0.6 is 12.0 Å². The number of hydrogen-bond donors (Lipinski definition) is 0. The Labute approximate surface area is 296 Å². The van der Waals surface area contributed by atoms with E-state index in [1.807, 2.05) is 47.3 Å². The maximum Gasteiger partial charge on any atom is 0.338 e. The molecule has 1 heterocycles. The Hall–Kier alpha value is -2.77. The highest BCUT2D eigenvalue weighted by Gasteiger charge is 2.78. The van der Waals surface area contributed by atoms with Gasteiger partial charge in [-0.25, -0.2) is 9.59 Å². The summed E-state index contributed by atoms with van der Waals surface area (Å²) in [6.45, 7) is 20.3. The van der Waals surface area contributed by atoms with E-state index in [4.69, 9.17) is 28.9 Å². The Morgan fingerprint density at radius 3 is 2.35 bits per heavy atom. The molecule has 1 aromatic carbocycles. The lowest BCUT2D eigenvalue weighted by Crippen LogP contribution is -2.81. The van der Waals surface area contributed by atoms with Gasteiger partial charge in [0, 0.05) is 37.9 Å². The summed E-state index contributed by atoms with van der Waals surface area (Å²) in [5, 5.41) is 0. The third kappa shape index (κ3) is 5.95. The van der Waals surface area contributed by atoms with Gasteiger partial charge in [0.25, 0.3) is 0 Å². The normalized spacial score (nSPS) is 36.8. The summed E-state index contributed by atoms with van der Waals surface area (Å²) in [5.74, 6) is -3.90. The van der Waals surface area contributed by atoms with Gasteiger partial charge in [0.15, 0.2) is 25.8 Å². The van der Waals surface area contributed by atoms with Crippen LogP contribution in [0.3, 0.4) is 0 Å². The molecular weight excluding hydrogens is 665 g/mol. The molecule has 49 heavy (non-hydrogen) atoms. The van der Waals surface area contributed by atoms with Crippen LogP contribution < -0.4 is 0 Å². The van der Waals surface area contributed by atoms with Gasteiger partial charge in [0.1, 0.15) is 17.8 Å². The van der Waals surface area contributed by atoms with Gasteiger partial charge in [-0.2, -0.15) is 0 Å². The quantitative estimate of drug-likeness (QED) is 0.0720. The Morgan fingerprint density at radius 1 is 1.12 bits per heavy atom. The second-order valence-corrected chi connectivity index (χ2v) is 20.4. The first kappa shape index (κ1) is 36.0. The zero-order valence-corrected chi connectivity index (χ0v) is 31.8. The Bertz CT molecular complexity index is 1580. The Kier molecular flexibility index (Phi) is 9.62. The largest absolute Gasteiger partial charge is 0.455 e.